The third-order valence-corrected chi connectivity index (χ3v) is 2.81. The number of hydrogen-bond acceptors (Lipinski definition) is 0. The van der Waals surface area contributed by atoms with E-state index in [1.807, 2.05) is 0 Å². The van der Waals surface area contributed by atoms with E-state index in [1.165, 1.54) is 28.2 Å². The Morgan fingerprint density at radius 1 is 0.500 bits per heavy atom. The molecular formula is C13H24Ti. The van der Waals surface area contributed by atoms with Gasteiger partial charge in [0.15, 0.2) is 0 Å². The molecule has 0 aliphatic heterocycles. The van der Waals surface area contributed by atoms with Gasteiger partial charge in [0.1, 0.15) is 0 Å². The zero-order valence-corrected chi connectivity index (χ0v) is 12.6. The second kappa shape index (κ2) is 8.50. The fraction of sp³-hybridized carbons (Fsp3) is 0.385. The molecule has 0 aromatic rings. The number of allylic oxidation sites excluding steroid dienone is 4. The van der Waals surface area contributed by atoms with Crippen LogP contribution in [0.1, 0.15) is 34.6 Å². The average Bonchev–Trinajstić information content (AvgIpc) is 2.07. The SMILES string of the molecule is C[C]1C(C)=C(C)C(C)=C1C.[CH3-].[CH3-].[CH3-].[Ti+3]. The smallest absolute Gasteiger partial charge is 0.358 e. The van der Waals surface area contributed by atoms with Crippen LogP contribution in [0.15, 0.2) is 22.3 Å². The maximum atomic E-state index is 2.20. The summed E-state index contributed by atoms with van der Waals surface area (Å²) in [7, 11) is 0. The van der Waals surface area contributed by atoms with Crippen molar-refractivity contribution >= 4 is 0 Å². The molecule has 1 heteroatoms. The van der Waals surface area contributed by atoms with Crippen molar-refractivity contribution in [2.24, 2.45) is 0 Å². The summed E-state index contributed by atoms with van der Waals surface area (Å²) < 4.78 is 0. The zero-order valence-electron chi connectivity index (χ0n) is 11.0. The molecule has 1 aliphatic rings. The predicted molar refractivity (Wildman–Crippen MR) is 64.9 cm³/mol. The summed E-state index contributed by atoms with van der Waals surface area (Å²) in [4.78, 5) is 0. The standard InChI is InChI=1S/C10H15.3CH3.Ti/c1-6-7(2)9(4)10(5)8(6)3;;;;/h1-5H3;3*1H3;/q;3*-1;+3. The molecule has 14 heavy (non-hydrogen) atoms. The van der Waals surface area contributed by atoms with Crippen LogP contribution in [0.3, 0.4) is 0 Å². The van der Waals surface area contributed by atoms with E-state index in [0.29, 0.717) is 0 Å². The normalized spacial score (nSPS) is 15.2. The largest absolute Gasteiger partial charge is 3.00 e. The minimum Gasteiger partial charge on any atom is -0.358 e. The molecule has 0 saturated carbocycles. The molecule has 0 bridgehead atoms. The van der Waals surface area contributed by atoms with Crippen LogP contribution >= 0.6 is 0 Å². The van der Waals surface area contributed by atoms with Gasteiger partial charge in [-0.25, -0.2) is 0 Å². The van der Waals surface area contributed by atoms with E-state index in [9.17, 15) is 0 Å². The predicted octanol–water partition coefficient (Wildman–Crippen LogP) is 4.62. The molecule has 0 fully saturated rings. The van der Waals surface area contributed by atoms with Crippen molar-refractivity contribution in [1.82, 2.24) is 0 Å². The molecule has 0 heterocycles. The number of rotatable bonds is 0. The summed E-state index contributed by atoms with van der Waals surface area (Å²) in [6.07, 6.45) is 0. The molecule has 0 atom stereocenters. The van der Waals surface area contributed by atoms with Crippen LogP contribution < -0.4 is 0 Å². The van der Waals surface area contributed by atoms with E-state index in [1.54, 1.807) is 0 Å². The van der Waals surface area contributed by atoms with E-state index >= 15 is 0 Å². The molecule has 0 aromatic heterocycles. The van der Waals surface area contributed by atoms with Gasteiger partial charge < -0.3 is 22.3 Å². The molecule has 0 saturated heterocycles. The Kier molecular flexibility index (Phi) is 14.4. The summed E-state index contributed by atoms with van der Waals surface area (Å²) >= 11 is 0. The molecular weight excluding hydrogens is 204 g/mol. The Hall–Kier alpha value is 0.194. The van der Waals surface area contributed by atoms with Crippen LogP contribution in [-0.4, -0.2) is 0 Å². The summed E-state index contributed by atoms with van der Waals surface area (Å²) in [6, 6.07) is 0. The van der Waals surface area contributed by atoms with Crippen LogP contribution in [-0.2, 0) is 21.7 Å². The van der Waals surface area contributed by atoms with Crippen LogP contribution in [0.25, 0.3) is 0 Å². The Morgan fingerprint density at radius 2 is 0.714 bits per heavy atom. The summed E-state index contributed by atoms with van der Waals surface area (Å²) in [5, 5.41) is 0. The molecule has 2 radical (unpaired) electrons. The fourth-order valence-corrected chi connectivity index (χ4v) is 1.41. The molecule has 0 aromatic carbocycles. The third-order valence-electron chi connectivity index (χ3n) is 2.81. The Bertz CT molecular complexity index is 197. The van der Waals surface area contributed by atoms with Crippen LogP contribution in [0.5, 0.6) is 0 Å². The Morgan fingerprint density at radius 3 is 0.786 bits per heavy atom. The Balaban J connectivity index is -0.000000125. The maximum absolute atomic E-state index is 2.20. The maximum Gasteiger partial charge on any atom is 3.00 e. The zero-order chi connectivity index (χ0) is 7.89. The Labute approximate surface area is 107 Å². The van der Waals surface area contributed by atoms with Crippen molar-refractivity contribution in [1.29, 1.82) is 0 Å². The third kappa shape index (κ3) is 3.75. The van der Waals surface area contributed by atoms with Crippen LogP contribution in [0.2, 0.25) is 0 Å². The van der Waals surface area contributed by atoms with Gasteiger partial charge in [0.25, 0.3) is 0 Å². The van der Waals surface area contributed by atoms with Gasteiger partial charge in [0.2, 0.25) is 0 Å². The van der Waals surface area contributed by atoms with Gasteiger partial charge in [0, 0.05) is 5.92 Å². The van der Waals surface area contributed by atoms with Crippen molar-refractivity contribution in [3.05, 3.63) is 50.5 Å². The topological polar surface area (TPSA) is 0 Å². The van der Waals surface area contributed by atoms with Gasteiger partial charge in [0.05, 0.1) is 0 Å². The van der Waals surface area contributed by atoms with Gasteiger partial charge in [-0.15, -0.1) is 0 Å². The summed E-state index contributed by atoms with van der Waals surface area (Å²) in [5.41, 5.74) is 5.87. The molecule has 1 aliphatic carbocycles. The van der Waals surface area contributed by atoms with Crippen LogP contribution in [0, 0.1) is 28.2 Å². The second-order valence-electron chi connectivity index (χ2n) is 3.12. The van der Waals surface area contributed by atoms with Crippen LogP contribution in [0.4, 0.5) is 0 Å². The first-order valence-corrected chi connectivity index (χ1v) is 3.75. The average molecular weight is 228 g/mol. The van der Waals surface area contributed by atoms with Gasteiger partial charge in [-0.1, -0.05) is 18.1 Å². The van der Waals surface area contributed by atoms with Gasteiger partial charge in [-0.05, 0) is 38.8 Å². The molecule has 1 rings (SSSR count). The summed E-state index contributed by atoms with van der Waals surface area (Å²) in [5.74, 6) is 1.47. The molecule has 0 amide bonds. The van der Waals surface area contributed by atoms with E-state index in [2.05, 4.69) is 34.6 Å². The van der Waals surface area contributed by atoms with Crippen molar-refractivity contribution in [2.45, 2.75) is 34.6 Å². The monoisotopic (exact) mass is 228 g/mol. The van der Waals surface area contributed by atoms with Gasteiger partial charge >= 0.3 is 21.7 Å². The molecule has 0 N–H and O–H groups in total. The van der Waals surface area contributed by atoms with Gasteiger partial charge in [-0.3, -0.25) is 0 Å². The minimum atomic E-state index is 0. The first kappa shape index (κ1) is 23.8. The van der Waals surface area contributed by atoms with Crippen molar-refractivity contribution in [2.75, 3.05) is 0 Å². The number of hydrogen-bond donors (Lipinski definition) is 0. The first-order chi connectivity index (χ1) is 4.55. The summed E-state index contributed by atoms with van der Waals surface area (Å²) in [6.45, 7) is 11.0. The van der Waals surface area contributed by atoms with Crippen molar-refractivity contribution in [3.63, 3.8) is 0 Å². The molecule has 0 nitrogen and oxygen atoms in total. The van der Waals surface area contributed by atoms with E-state index in [0.717, 1.165) is 0 Å². The van der Waals surface area contributed by atoms with Gasteiger partial charge in [-0.2, -0.15) is 0 Å². The fourth-order valence-electron chi connectivity index (χ4n) is 1.41. The first-order valence-electron chi connectivity index (χ1n) is 3.75. The molecule has 0 unspecified atom stereocenters. The van der Waals surface area contributed by atoms with E-state index in [-0.39, 0.29) is 44.0 Å². The van der Waals surface area contributed by atoms with E-state index < -0.39 is 0 Å². The van der Waals surface area contributed by atoms with Crippen molar-refractivity contribution < 1.29 is 21.7 Å². The van der Waals surface area contributed by atoms with E-state index in [4.69, 9.17) is 0 Å². The quantitative estimate of drug-likeness (QED) is 0.419. The molecule has 80 valence electrons. The minimum absolute atomic E-state index is 0. The second-order valence-corrected chi connectivity index (χ2v) is 3.12. The van der Waals surface area contributed by atoms with Crippen molar-refractivity contribution in [3.8, 4) is 0 Å². The molecule has 0 spiro atoms.